The molecule has 2 nitrogen and oxygen atoms in total. The zero-order valence-corrected chi connectivity index (χ0v) is 13.4. The van der Waals surface area contributed by atoms with Crippen molar-refractivity contribution in [3.05, 3.63) is 35.4 Å². The summed E-state index contributed by atoms with van der Waals surface area (Å²) < 4.78 is 5.41. The highest BCUT2D eigenvalue weighted by Crippen LogP contribution is 2.38. The van der Waals surface area contributed by atoms with Gasteiger partial charge in [0.1, 0.15) is 0 Å². The van der Waals surface area contributed by atoms with Gasteiger partial charge in [0.25, 0.3) is 0 Å². The molecular weight excluding hydrogens is 252 g/mol. The molecule has 0 bridgehead atoms. The first kappa shape index (κ1) is 14.3. The van der Waals surface area contributed by atoms with Crippen LogP contribution in [0, 0.1) is 6.92 Å². The van der Waals surface area contributed by atoms with Crippen molar-refractivity contribution >= 4 is 14.0 Å². The van der Waals surface area contributed by atoms with Crippen LogP contribution >= 0.6 is 0 Å². The van der Waals surface area contributed by atoms with Crippen molar-refractivity contribution in [2.75, 3.05) is 6.61 Å². The molecule has 2 rings (SSSR count). The van der Waals surface area contributed by atoms with Gasteiger partial charge in [-0.15, -0.1) is 0 Å². The summed E-state index contributed by atoms with van der Waals surface area (Å²) in [5.74, 6) is 0.290. The first-order valence-corrected chi connectivity index (χ1v) is 10.7. The number of carbonyl (C=O) groups is 1. The minimum Gasteiger partial charge on any atom is -0.466 e. The van der Waals surface area contributed by atoms with E-state index < -0.39 is 8.07 Å². The molecule has 1 aromatic carbocycles. The topological polar surface area (TPSA) is 26.3 Å². The molecule has 0 aromatic heterocycles. The summed E-state index contributed by atoms with van der Waals surface area (Å²) in [6, 6.07) is 8.60. The van der Waals surface area contributed by atoms with Gasteiger partial charge in [-0.05, 0) is 30.4 Å². The molecule has 0 radical (unpaired) electrons. The zero-order chi connectivity index (χ0) is 14.0. The second-order valence-electron chi connectivity index (χ2n) is 6.79. The average molecular weight is 276 g/mol. The van der Waals surface area contributed by atoms with Gasteiger partial charge in [0, 0.05) is 0 Å². The predicted molar refractivity (Wildman–Crippen MR) is 81.2 cm³/mol. The number of esters is 1. The van der Waals surface area contributed by atoms with E-state index in [1.165, 1.54) is 11.1 Å². The molecule has 0 aliphatic carbocycles. The maximum absolute atomic E-state index is 11.8. The van der Waals surface area contributed by atoms with Gasteiger partial charge >= 0.3 is 5.97 Å². The van der Waals surface area contributed by atoms with Crippen LogP contribution < -0.4 is 0 Å². The number of hydrogen-bond donors (Lipinski definition) is 0. The summed E-state index contributed by atoms with van der Waals surface area (Å²) in [5, 5.41) is 0. The quantitative estimate of drug-likeness (QED) is 0.600. The lowest BCUT2D eigenvalue weighted by Crippen LogP contribution is -2.31. The Hall–Kier alpha value is -1.09. The van der Waals surface area contributed by atoms with Gasteiger partial charge in [-0.25, -0.2) is 0 Å². The molecule has 1 aromatic rings. The molecule has 0 unspecified atom stereocenters. The van der Waals surface area contributed by atoms with Gasteiger partial charge in [-0.2, -0.15) is 0 Å². The molecule has 2 atom stereocenters. The Kier molecular flexibility index (Phi) is 4.14. The van der Waals surface area contributed by atoms with Crippen molar-refractivity contribution in [1.29, 1.82) is 0 Å². The lowest BCUT2D eigenvalue weighted by atomic mass is 9.91. The first-order valence-electron chi connectivity index (χ1n) is 7.08. The first-order chi connectivity index (χ1) is 8.86. The summed E-state index contributed by atoms with van der Waals surface area (Å²) in [7, 11) is -1.28. The summed E-state index contributed by atoms with van der Waals surface area (Å²) in [6.45, 7) is 9.81. The summed E-state index contributed by atoms with van der Waals surface area (Å²) in [6.07, 6.45) is 1.62. The minimum absolute atomic E-state index is 0.0358. The molecule has 3 heteroatoms. The SMILES string of the molecule is Cc1ccc([C@@H]2CC(=O)OC[C@@H]([Si](C)(C)C)C2)cc1. The summed E-state index contributed by atoms with van der Waals surface area (Å²) >= 11 is 0. The molecular formula is C16H24O2Si. The van der Waals surface area contributed by atoms with Crippen LogP contribution in [0.3, 0.4) is 0 Å². The fourth-order valence-electron chi connectivity index (χ4n) is 2.64. The Balaban J connectivity index is 2.22. The largest absolute Gasteiger partial charge is 0.466 e. The summed E-state index contributed by atoms with van der Waals surface area (Å²) in [4.78, 5) is 11.8. The van der Waals surface area contributed by atoms with Gasteiger partial charge in [0.05, 0.1) is 21.1 Å². The van der Waals surface area contributed by atoms with Crippen LogP contribution in [0.25, 0.3) is 0 Å². The molecule has 1 heterocycles. The summed E-state index contributed by atoms with van der Waals surface area (Å²) in [5.41, 5.74) is 3.11. The maximum Gasteiger partial charge on any atom is 0.306 e. The van der Waals surface area contributed by atoms with Crippen molar-refractivity contribution in [2.45, 2.75) is 50.9 Å². The number of carbonyl (C=O) groups excluding carboxylic acids is 1. The fraction of sp³-hybridized carbons (Fsp3) is 0.562. The number of aryl methyl sites for hydroxylation is 1. The lowest BCUT2D eigenvalue weighted by molar-refractivity contribution is -0.142. The number of ether oxygens (including phenoxy) is 1. The van der Waals surface area contributed by atoms with Crippen LogP contribution in [-0.2, 0) is 9.53 Å². The molecule has 0 saturated carbocycles. The Labute approximate surface area is 117 Å². The predicted octanol–water partition coefficient (Wildman–Crippen LogP) is 4.12. The molecule has 0 amide bonds. The van der Waals surface area contributed by atoms with Crippen LogP contribution in [0.2, 0.25) is 25.2 Å². The van der Waals surface area contributed by atoms with E-state index in [1.54, 1.807) is 0 Å². The van der Waals surface area contributed by atoms with Crippen LogP contribution in [0.5, 0.6) is 0 Å². The second kappa shape index (κ2) is 5.49. The average Bonchev–Trinajstić information content (AvgIpc) is 2.51. The molecule has 0 spiro atoms. The van der Waals surface area contributed by atoms with Crippen LogP contribution in [0.15, 0.2) is 24.3 Å². The Morgan fingerprint density at radius 1 is 1.16 bits per heavy atom. The van der Waals surface area contributed by atoms with Crippen molar-refractivity contribution in [2.24, 2.45) is 0 Å². The number of rotatable bonds is 2. The van der Waals surface area contributed by atoms with E-state index in [-0.39, 0.29) is 5.97 Å². The highest BCUT2D eigenvalue weighted by Gasteiger charge is 2.34. The van der Waals surface area contributed by atoms with E-state index in [2.05, 4.69) is 50.8 Å². The van der Waals surface area contributed by atoms with E-state index in [9.17, 15) is 4.79 Å². The highest BCUT2D eigenvalue weighted by molar-refractivity contribution is 6.77. The van der Waals surface area contributed by atoms with E-state index in [1.807, 2.05) is 0 Å². The van der Waals surface area contributed by atoms with Gasteiger partial charge < -0.3 is 4.74 Å². The lowest BCUT2D eigenvalue weighted by Gasteiger charge is -2.29. The molecule has 1 aliphatic heterocycles. The molecule has 1 fully saturated rings. The Morgan fingerprint density at radius 3 is 2.37 bits per heavy atom. The maximum atomic E-state index is 11.8. The van der Waals surface area contributed by atoms with Gasteiger partial charge in [-0.3, -0.25) is 4.79 Å². The number of benzene rings is 1. The van der Waals surface area contributed by atoms with Gasteiger partial charge in [0.2, 0.25) is 0 Å². The molecule has 0 N–H and O–H groups in total. The van der Waals surface area contributed by atoms with Gasteiger partial charge in [-0.1, -0.05) is 49.5 Å². The van der Waals surface area contributed by atoms with Crippen LogP contribution in [0.4, 0.5) is 0 Å². The minimum atomic E-state index is -1.28. The van der Waals surface area contributed by atoms with Crippen molar-refractivity contribution in [1.82, 2.24) is 0 Å². The zero-order valence-electron chi connectivity index (χ0n) is 12.4. The normalized spacial score (nSPS) is 24.7. The van der Waals surface area contributed by atoms with E-state index >= 15 is 0 Å². The monoisotopic (exact) mass is 276 g/mol. The Morgan fingerprint density at radius 2 is 1.79 bits per heavy atom. The van der Waals surface area contributed by atoms with Crippen molar-refractivity contribution in [3.63, 3.8) is 0 Å². The van der Waals surface area contributed by atoms with E-state index in [4.69, 9.17) is 4.74 Å². The third-order valence-corrected chi connectivity index (χ3v) is 7.05. The van der Waals surface area contributed by atoms with Gasteiger partial charge in [0.15, 0.2) is 0 Å². The highest BCUT2D eigenvalue weighted by atomic mass is 28.3. The number of hydrogen-bond acceptors (Lipinski definition) is 2. The van der Waals surface area contributed by atoms with Crippen molar-refractivity contribution < 1.29 is 9.53 Å². The fourth-order valence-corrected chi connectivity index (χ4v) is 4.22. The third kappa shape index (κ3) is 3.69. The van der Waals surface area contributed by atoms with Crippen LogP contribution in [-0.4, -0.2) is 20.7 Å². The van der Waals surface area contributed by atoms with Crippen molar-refractivity contribution in [3.8, 4) is 0 Å². The third-order valence-electron chi connectivity index (χ3n) is 4.20. The second-order valence-corrected chi connectivity index (χ2v) is 12.3. The van der Waals surface area contributed by atoms with Crippen LogP contribution in [0.1, 0.15) is 29.9 Å². The molecule has 19 heavy (non-hydrogen) atoms. The molecule has 1 saturated heterocycles. The van der Waals surface area contributed by atoms with E-state index in [0.29, 0.717) is 24.5 Å². The Bertz CT molecular complexity index is 445. The smallest absolute Gasteiger partial charge is 0.306 e. The molecule has 1 aliphatic rings. The standard InChI is InChI=1S/C16H24O2Si/c1-12-5-7-13(8-6-12)14-9-15(19(2,3)4)11-18-16(17)10-14/h5-8,14-15H,9-11H2,1-4H3/t14-,15-/m0/s1. The van der Waals surface area contributed by atoms with E-state index in [0.717, 1.165) is 6.42 Å². The number of cyclic esters (lactones) is 1. The molecule has 104 valence electrons.